The van der Waals surface area contributed by atoms with E-state index in [0.29, 0.717) is 31.2 Å². The number of methoxy groups -OCH3 is 1. The van der Waals surface area contributed by atoms with Gasteiger partial charge in [0, 0.05) is 57.8 Å². The zero-order valence-electron chi connectivity index (χ0n) is 20.7. The maximum absolute atomic E-state index is 13.4. The Morgan fingerprint density at radius 3 is 2.47 bits per heavy atom. The molecule has 1 aromatic heterocycles. The summed E-state index contributed by atoms with van der Waals surface area (Å²) in [7, 11) is -1.86. The Bertz CT molecular complexity index is 1070. The topological polar surface area (TPSA) is 76.0 Å². The van der Waals surface area contributed by atoms with Crippen molar-refractivity contribution in [1.82, 2.24) is 14.2 Å². The second kappa shape index (κ2) is 11.2. The lowest BCUT2D eigenvalue weighted by Gasteiger charge is -2.28. The number of nitrogens with zero attached hydrogens (tertiary/aromatic N) is 3. The molecule has 34 heavy (non-hydrogen) atoms. The fourth-order valence-electron chi connectivity index (χ4n) is 4.95. The number of ether oxygens (including phenoxy) is 2. The number of hydrogen-bond acceptors (Lipinski definition) is 6. The first-order chi connectivity index (χ1) is 16.4. The number of aryl methyl sites for hydroxylation is 1. The van der Waals surface area contributed by atoms with Gasteiger partial charge < -0.3 is 24.3 Å². The molecule has 2 fully saturated rings. The van der Waals surface area contributed by atoms with E-state index in [0.717, 1.165) is 74.8 Å². The van der Waals surface area contributed by atoms with Crippen molar-refractivity contribution < 1.29 is 17.9 Å². The average Bonchev–Trinajstić information content (AvgIpc) is 3.47. The van der Waals surface area contributed by atoms with Crippen molar-refractivity contribution in [2.75, 3.05) is 64.6 Å². The molecule has 188 valence electrons. The average molecular weight is 491 g/mol. The molecule has 1 N–H and O–H groups in total. The second-order valence-corrected chi connectivity index (χ2v) is 11.1. The highest BCUT2D eigenvalue weighted by Gasteiger charge is 2.28. The number of sulfonamides is 1. The van der Waals surface area contributed by atoms with Gasteiger partial charge in [0.2, 0.25) is 10.0 Å². The van der Waals surface area contributed by atoms with Crippen LogP contribution in [-0.2, 0) is 26.0 Å². The number of benzene rings is 1. The fraction of sp³-hybridized carbons (Fsp3) is 0.600. The van der Waals surface area contributed by atoms with Crippen molar-refractivity contribution in [3.8, 4) is 5.69 Å². The quantitative estimate of drug-likeness (QED) is 0.516. The standard InChI is InChI=1S/C25H38N4O4S/c1-20-17-22(19-26-9-6-14-32-3)21(2)29(20)25-18-23(7-8-24(25)27-10-4-5-11-27)34(30,31)28-12-15-33-16-13-28/h7-8,17-18,26H,4-6,9-16,19H2,1-3H3. The first-order valence-electron chi connectivity index (χ1n) is 12.3. The van der Waals surface area contributed by atoms with Crippen LogP contribution in [0.1, 0.15) is 36.2 Å². The summed E-state index contributed by atoms with van der Waals surface area (Å²) in [6.07, 6.45) is 3.29. The zero-order valence-corrected chi connectivity index (χ0v) is 21.5. The minimum atomic E-state index is -3.58. The van der Waals surface area contributed by atoms with Crippen LogP contribution in [-0.4, -0.2) is 76.9 Å². The summed E-state index contributed by atoms with van der Waals surface area (Å²) in [4.78, 5) is 2.72. The number of rotatable bonds is 10. The van der Waals surface area contributed by atoms with E-state index in [1.807, 2.05) is 12.1 Å². The molecule has 0 amide bonds. The summed E-state index contributed by atoms with van der Waals surface area (Å²) < 4.78 is 41.1. The molecule has 1 aromatic carbocycles. The number of anilines is 1. The Morgan fingerprint density at radius 2 is 1.76 bits per heavy atom. The van der Waals surface area contributed by atoms with E-state index in [-0.39, 0.29) is 0 Å². The van der Waals surface area contributed by atoms with Crippen LogP contribution in [0.5, 0.6) is 0 Å². The van der Waals surface area contributed by atoms with Gasteiger partial charge in [-0.1, -0.05) is 0 Å². The molecule has 0 unspecified atom stereocenters. The molecule has 2 aliphatic rings. The highest BCUT2D eigenvalue weighted by molar-refractivity contribution is 7.89. The normalized spacial score (nSPS) is 17.6. The first-order valence-corrected chi connectivity index (χ1v) is 13.7. The maximum atomic E-state index is 13.4. The summed E-state index contributed by atoms with van der Waals surface area (Å²) in [6, 6.07) is 7.84. The van der Waals surface area contributed by atoms with Gasteiger partial charge in [-0.2, -0.15) is 4.31 Å². The third-order valence-electron chi connectivity index (χ3n) is 6.80. The second-order valence-electron chi connectivity index (χ2n) is 9.12. The lowest BCUT2D eigenvalue weighted by molar-refractivity contribution is 0.0730. The predicted octanol–water partition coefficient (Wildman–Crippen LogP) is 2.84. The van der Waals surface area contributed by atoms with Crippen LogP contribution in [0.2, 0.25) is 0 Å². The molecule has 0 spiro atoms. The minimum Gasteiger partial charge on any atom is -0.385 e. The van der Waals surface area contributed by atoms with Crippen LogP contribution < -0.4 is 10.2 Å². The van der Waals surface area contributed by atoms with E-state index in [1.54, 1.807) is 13.2 Å². The molecule has 9 heteroatoms. The van der Waals surface area contributed by atoms with Crippen LogP contribution in [0.15, 0.2) is 29.2 Å². The first kappa shape index (κ1) is 25.2. The van der Waals surface area contributed by atoms with Crippen molar-refractivity contribution in [3.63, 3.8) is 0 Å². The van der Waals surface area contributed by atoms with Crippen molar-refractivity contribution >= 4 is 15.7 Å². The van der Waals surface area contributed by atoms with E-state index in [2.05, 4.69) is 34.7 Å². The summed E-state index contributed by atoms with van der Waals surface area (Å²) in [6.45, 7) is 10.3. The molecule has 0 aliphatic carbocycles. The van der Waals surface area contributed by atoms with Gasteiger partial charge in [-0.25, -0.2) is 8.42 Å². The minimum absolute atomic E-state index is 0.346. The zero-order chi connectivity index (χ0) is 24.1. The molecule has 8 nitrogen and oxygen atoms in total. The van der Waals surface area contributed by atoms with E-state index >= 15 is 0 Å². The smallest absolute Gasteiger partial charge is 0.243 e. The van der Waals surface area contributed by atoms with Gasteiger partial charge in [0.1, 0.15) is 0 Å². The largest absolute Gasteiger partial charge is 0.385 e. The predicted molar refractivity (Wildman–Crippen MR) is 134 cm³/mol. The number of aromatic nitrogens is 1. The highest BCUT2D eigenvalue weighted by Crippen LogP contribution is 2.34. The van der Waals surface area contributed by atoms with Crippen LogP contribution in [0.25, 0.3) is 5.69 Å². The van der Waals surface area contributed by atoms with Gasteiger partial charge in [0.05, 0.1) is 29.5 Å². The van der Waals surface area contributed by atoms with Crippen LogP contribution in [0.3, 0.4) is 0 Å². The molecule has 2 saturated heterocycles. The summed E-state index contributed by atoms with van der Waals surface area (Å²) >= 11 is 0. The van der Waals surface area contributed by atoms with Crippen molar-refractivity contribution in [3.05, 3.63) is 41.2 Å². The lowest BCUT2D eigenvalue weighted by Crippen LogP contribution is -2.40. The molecular formula is C25H38N4O4S. The monoisotopic (exact) mass is 490 g/mol. The van der Waals surface area contributed by atoms with Gasteiger partial charge in [-0.3, -0.25) is 0 Å². The van der Waals surface area contributed by atoms with Crippen molar-refractivity contribution in [2.45, 2.75) is 44.6 Å². The Balaban J connectivity index is 1.70. The summed E-state index contributed by atoms with van der Waals surface area (Å²) in [5.41, 5.74) is 5.51. The van der Waals surface area contributed by atoms with Crippen molar-refractivity contribution in [2.24, 2.45) is 0 Å². The number of hydrogen-bond donors (Lipinski definition) is 1. The summed E-state index contributed by atoms with van der Waals surface area (Å²) in [5, 5.41) is 3.50. The Morgan fingerprint density at radius 1 is 1.03 bits per heavy atom. The fourth-order valence-corrected chi connectivity index (χ4v) is 6.38. The Hall–Kier alpha value is -1.91. The molecule has 0 saturated carbocycles. The lowest BCUT2D eigenvalue weighted by atomic mass is 10.2. The molecular weight excluding hydrogens is 452 g/mol. The van der Waals surface area contributed by atoms with Crippen LogP contribution in [0, 0.1) is 13.8 Å². The maximum Gasteiger partial charge on any atom is 0.243 e. The Kier molecular flexibility index (Phi) is 8.31. The van der Waals surface area contributed by atoms with Crippen molar-refractivity contribution in [1.29, 1.82) is 0 Å². The molecule has 3 heterocycles. The highest BCUT2D eigenvalue weighted by atomic mass is 32.2. The van der Waals surface area contributed by atoms with E-state index in [4.69, 9.17) is 9.47 Å². The van der Waals surface area contributed by atoms with Gasteiger partial charge in [-0.05, 0) is 69.5 Å². The molecule has 0 radical (unpaired) electrons. The molecule has 0 bridgehead atoms. The third-order valence-corrected chi connectivity index (χ3v) is 8.69. The number of nitrogens with one attached hydrogen (secondary N) is 1. The van der Waals surface area contributed by atoms with Gasteiger partial charge in [-0.15, -0.1) is 0 Å². The van der Waals surface area contributed by atoms with Gasteiger partial charge in [0.25, 0.3) is 0 Å². The molecule has 0 atom stereocenters. The SMILES string of the molecule is COCCCNCc1cc(C)n(-c2cc(S(=O)(=O)N3CCOCC3)ccc2N2CCCC2)c1C. The van der Waals surface area contributed by atoms with Crippen LogP contribution >= 0.6 is 0 Å². The van der Waals surface area contributed by atoms with E-state index < -0.39 is 10.0 Å². The van der Waals surface area contributed by atoms with Gasteiger partial charge in [0.15, 0.2) is 0 Å². The van der Waals surface area contributed by atoms with Crippen LogP contribution in [0.4, 0.5) is 5.69 Å². The van der Waals surface area contributed by atoms with E-state index in [9.17, 15) is 8.42 Å². The molecule has 2 aliphatic heterocycles. The summed E-state index contributed by atoms with van der Waals surface area (Å²) in [5.74, 6) is 0. The third kappa shape index (κ3) is 5.33. The van der Waals surface area contributed by atoms with E-state index in [1.165, 1.54) is 9.87 Å². The Labute approximate surface area is 203 Å². The molecule has 4 rings (SSSR count). The molecule has 2 aromatic rings. The number of morpholine rings is 1. The van der Waals surface area contributed by atoms with Gasteiger partial charge >= 0.3 is 0 Å².